The maximum Gasteiger partial charge on any atom is 0.304 e. The minimum absolute atomic E-state index is 0.121. The summed E-state index contributed by atoms with van der Waals surface area (Å²) in [5, 5.41) is 7.96. The minimum Gasteiger partial charge on any atom is -0.439 e. The first-order valence-corrected chi connectivity index (χ1v) is 11.9. The van der Waals surface area contributed by atoms with Crippen LogP contribution in [0.3, 0.4) is 0 Å². The largest absolute Gasteiger partial charge is 0.439 e. The van der Waals surface area contributed by atoms with E-state index in [2.05, 4.69) is 16.0 Å². The summed E-state index contributed by atoms with van der Waals surface area (Å²) < 4.78 is 10.3. The van der Waals surface area contributed by atoms with Crippen LogP contribution in [0.2, 0.25) is 0 Å². The molecule has 4 amide bonds. The van der Waals surface area contributed by atoms with Crippen molar-refractivity contribution in [1.29, 1.82) is 0 Å². The summed E-state index contributed by atoms with van der Waals surface area (Å²) in [5.74, 6) is -2.08. The third kappa shape index (κ3) is 5.45. The van der Waals surface area contributed by atoms with Gasteiger partial charge in [0.25, 0.3) is 17.7 Å². The van der Waals surface area contributed by atoms with E-state index in [9.17, 15) is 24.0 Å². The summed E-state index contributed by atoms with van der Waals surface area (Å²) in [6, 6.07) is 5.32. The second kappa shape index (κ2) is 10.4. The third-order valence-corrected chi connectivity index (χ3v) is 6.64. The molecule has 35 heavy (non-hydrogen) atoms. The zero-order chi connectivity index (χ0) is 25.0. The Morgan fingerprint density at radius 1 is 1.03 bits per heavy atom. The number of carbonyl (C=O) groups is 5. The summed E-state index contributed by atoms with van der Waals surface area (Å²) in [4.78, 5) is 63.9. The smallest absolute Gasteiger partial charge is 0.304 e. The number of benzene rings is 1. The number of amides is 4. The van der Waals surface area contributed by atoms with Crippen molar-refractivity contribution < 1.29 is 33.4 Å². The molecule has 3 fully saturated rings. The SMILES string of the molecule is CC(=O)OC1NC(=O)C1NC(=O)C1(NC(=O)c2ccc(C(=O)N3CCOCC3)cc2)CCCCC1. The summed E-state index contributed by atoms with van der Waals surface area (Å²) in [5.41, 5.74) is -0.393. The molecule has 0 bridgehead atoms. The summed E-state index contributed by atoms with van der Waals surface area (Å²) in [7, 11) is 0. The van der Waals surface area contributed by atoms with Gasteiger partial charge in [0.1, 0.15) is 5.54 Å². The van der Waals surface area contributed by atoms with Crippen LogP contribution in [0, 0.1) is 0 Å². The van der Waals surface area contributed by atoms with Gasteiger partial charge in [-0.1, -0.05) is 19.3 Å². The standard InChI is InChI=1S/C24H30N4O7/c1-15(29)35-21-18(20(31)26-21)25-23(33)24(9-3-2-4-10-24)27-19(30)16-5-7-17(8-6-16)22(32)28-11-13-34-14-12-28/h5-8,18,21H,2-4,9-14H2,1H3,(H,25,33)(H,26,31)(H,27,30). The van der Waals surface area contributed by atoms with Crippen LogP contribution >= 0.6 is 0 Å². The predicted octanol–water partition coefficient (Wildman–Crippen LogP) is 0.0955. The van der Waals surface area contributed by atoms with E-state index in [0.717, 1.165) is 19.3 Å². The van der Waals surface area contributed by atoms with Gasteiger partial charge in [0.05, 0.1) is 13.2 Å². The van der Waals surface area contributed by atoms with E-state index >= 15 is 0 Å². The van der Waals surface area contributed by atoms with E-state index in [4.69, 9.17) is 9.47 Å². The molecule has 0 spiro atoms. The van der Waals surface area contributed by atoms with Crippen molar-refractivity contribution in [2.75, 3.05) is 26.3 Å². The molecular formula is C24H30N4O7. The molecule has 1 aromatic rings. The topological polar surface area (TPSA) is 143 Å². The van der Waals surface area contributed by atoms with E-state index in [1.165, 1.54) is 6.92 Å². The molecule has 11 heteroatoms. The number of carbonyl (C=O) groups excluding carboxylic acids is 5. The van der Waals surface area contributed by atoms with Crippen LogP contribution < -0.4 is 16.0 Å². The number of nitrogens with one attached hydrogen (secondary N) is 3. The Balaban J connectivity index is 1.43. The Morgan fingerprint density at radius 3 is 2.26 bits per heavy atom. The highest BCUT2D eigenvalue weighted by molar-refractivity contribution is 6.02. The molecule has 2 unspecified atom stereocenters. The lowest BCUT2D eigenvalue weighted by Crippen LogP contribution is -2.73. The van der Waals surface area contributed by atoms with E-state index in [1.807, 2.05) is 0 Å². The Hall–Kier alpha value is -3.47. The lowest BCUT2D eigenvalue weighted by atomic mass is 9.80. The van der Waals surface area contributed by atoms with Gasteiger partial charge in [-0.25, -0.2) is 0 Å². The number of nitrogens with zero attached hydrogens (tertiary/aromatic N) is 1. The summed E-state index contributed by atoms with van der Waals surface area (Å²) in [6.45, 7) is 3.26. The molecule has 4 rings (SSSR count). The van der Waals surface area contributed by atoms with Crippen molar-refractivity contribution in [3.05, 3.63) is 35.4 Å². The van der Waals surface area contributed by atoms with Gasteiger partial charge in [0, 0.05) is 31.1 Å². The van der Waals surface area contributed by atoms with Gasteiger partial charge in [-0.3, -0.25) is 24.0 Å². The van der Waals surface area contributed by atoms with E-state index in [0.29, 0.717) is 50.3 Å². The zero-order valence-electron chi connectivity index (χ0n) is 19.6. The molecule has 188 valence electrons. The second-order valence-electron chi connectivity index (χ2n) is 9.07. The molecule has 1 saturated carbocycles. The monoisotopic (exact) mass is 486 g/mol. The van der Waals surface area contributed by atoms with E-state index in [-0.39, 0.29) is 5.91 Å². The fourth-order valence-electron chi connectivity index (χ4n) is 4.62. The summed E-state index contributed by atoms with van der Waals surface area (Å²) >= 11 is 0. The normalized spacial score (nSPS) is 23.3. The van der Waals surface area contributed by atoms with Crippen molar-refractivity contribution in [3.8, 4) is 0 Å². The minimum atomic E-state index is -1.19. The zero-order valence-corrected chi connectivity index (χ0v) is 19.6. The average Bonchev–Trinajstić information content (AvgIpc) is 2.87. The highest BCUT2D eigenvalue weighted by Crippen LogP contribution is 2.29. The molecule has 0 aromatic heterocycles. The summed E-state index contributed by atoms with van der Waals surface area (Å²) in [6.07, 6.45) is 2.33. The molecule has 2 saturated heterocycles. The molecule has 0 radical (unpaired) electrons. The second-order valence-corrected chi connectivity index (χ2v) is 9.07. The molecule has 3 aliphatic rings. The first-order valence-electron chi connectivity index (χ1n) is 11.9. The number of rotatable bonds is 6. The number of morpholine rings is 1. The molecule has 2 heterocycles. The fraction of sp³-hybridized carbons (Fsp3) is 0.542. The lowest BCUT2D eigenvalue weighted by Gasteiger charge is -2.41. The van der Waals surface area contributed by atoms with E-state index in [1.54, 1.807) is 29.2 Å². The van der Waals surface area contributed by atoms with Crippen molar-refractivity contribution in [3.63, 3.8) is 0 Å². The van der Waals surface area contributed by atoms with Crippen LogP contribution in [0.1, 0.15) is 59.7 Å². The molecule has 1 aromatic carbocycles. The van der Waals surface area contributed by atoms with Gasteiger partial charge < -0.3 is 30.3 Å². The number of ether oxygens (including phenoxy) is 2. The van der Waals surface area contributed by atoms with Crippen molar-refractivity contribution >= 4 is 29.6 Å². The number of esters is 1. The first kappa shape index (κ1) is 24.6. The number of hydrogen-bond acceptors (Lipinski definition) is 7. The maximum atomic E-state index is 13.3. The van der Waals surface area contributed by atoms with Gasteiger partial charge >= 0.3 is 5.97 Å². The van der Waals surface area contributed by atoms with Gasteiger partial charge in [0.15, 0.2) is 6.04 Å². The predicted molar refractivity (Wildman–Crippen MR) is 122 cm³/mol. The Kier molecular flexibility index (Phi) is 7.34. The Morgan fingerprint density at radius 2 is 1.66 bits per heavy atom. The molecule has 1 aliphatic carbocycles. The van der Waals surface area contributed by atoms with E-state index < -0.39 is 41.5 Å². The molecular weight excluding hydrogens is 456 g/mol. The molecule has 3 N–H and O–H groups in total. The van der Waals surface area contributed by atoms with Gasteiger partial charge in [0.2, 0.25) is 12.1 Å². The van der Waals surface area contributed by atoms with Crippen LogP contribution in [-0.2, 0) is 23.9 Å². The maximum absolute atomic E-state index is 13.3. The number of hydrogen-bond donors (Lipinski definition) is 3. The molecule has 2 aliphatic heterocycles. The third-order valence-electron chi connectivity index (χ3n) is 6.64. The number of β-lactam (4-membered cyclic amide) rings is 1. The first-order chi connectivity index (χ1) is 16.8. The van der Waals surface area contributed by atoms with Crippen molar-refractivity contribution in [1.82, 2.24) is 20.9 Å². The Bertz CT molecular complexity index is 998. The van der Waals surface area contributed by atoms with Gasteiger partial charge in [-0.05, 0) is 37.1 Å². The van der Waals surface area contributed by atoms with Gasteiger partial charge in [-0.15, -0.1) is 0 Å². The lowest BCUT2D eigenvalue weighted by molar-refractivity contribution is -0.165. The highest BCUT2D eigenvalue weighted by atomic mass is 16.6. The highest BCUT2D eigenvalue weighted by Gasteiger charge is 2.48. The quantitative estimate of drug-likeness (QED) is 0.382. The van der Waals surface area contributed by atoms with Crippen LogP contribution in [0.5, 0.6) is 0 Å². The van der Waals surface area contributed by atoms with Gasteiger partial charge in [-0.2, -0.15) is 0 Å². The van der Waals surface area contributed by atoms with Crippen LogP contribution in [-0.4, -0.2) is 78.6 Å². The van der Waals surface area contributed by atoms with Crippen LogP contribution in [0.25, 0.3) is 0 Å². The van der Waals surface area contributed by atoms with Crippen LogP contribution in [0.4, 0.5) is 0 Å². The van der Waals surface area contributed by atoms with Crippen LogP contribution in [0.15, 0.2) is 24.3 Å². The molecule has 11 nitrogen and oxygen atoms in total. The average molecular weight is 487 g/mol. The Labute approximate surface area is 202 Å². The van der Waals surface area contributed by atoms with Crippen molar-refractivity contribution in [2.45, 2.75) is 56.8 Å². The molecule has 2 atom stereocenters. The fourth-order valence-corrected chi connectivity index (χ4v) is 4.62. The van der Waals surface area contributed by atoms with Crippen molar-refractivity contribution in [2.24, 2.45) is 0 Å².